The van der Waals surface area contributed by atoms with Gasteiger partial charge in [-0.15, -0.1) is 0 Å². The Morgan fingerprint density at radius 2 is 1.80 bits per heavy atom. The average Bonchev–Trinajstić information content (AvgIpc) is 2.61. The van der Waals surface area contributed by atoms with Crippen LogP contribution in [0, 0.1) is 0 Å². The van der Waals surface area contributed by atoms with Crippen molar-refractivity contribution in [1.29, 1.82) is 0 Å². The summed E-state index contributed by atoms with van der Waals surface area (Å²) in [6.45, 7) is 0.0169. The zero-order chi connectivity index (χ0) is 18.4. The summed E-state index contributed by atoms with van der Waals surface area (Å²) >= 11 is 6.00. The number of ether oxygens (including phenoxy) is 2. The minimum Gasteiger partial charge on any atom is -0.497 e. The fourth-order valence-electron chi connectivity index (χ4n) is 2.20. The van der Waals surface area contributed by atoms with Gasteiger partial charge in [-0.1, -0.05) is 35.9 Å². The minimum atomic E-state index is -3.85. The third-order valence-corrected chi connectivity index (χ3v) is 5.44. The highest BCUT2D eigenvalue weighted by Gasteiger charge is 2.19. The number of carbonyl (C=O) groups excluding carboxylic acids is 1. The second-order valence-electron chi connectivity index (χ2n) is 5.14. The fraction of sp³-hybridized carbons (Fsp3) is 0.235. The summed E-state index contributed by atoms with van der Waals surface area (Å²) in [6.07, 6.45) is 0.0638. The van der Waals surface area contributed by atoms with Gasteiger partial charge in [0.2, 0.25) is 10.0 Å². The molecule has 0 aromatic heterocycles. The van der Waals surface area contributed by atoms with E-state index in [1.807, 2.05) is 0 Å². The molecule has 134 valence electrons. The second kappa shape index (κ2) is 8.33. The van der Waals surface area contributed by atoms with Crippen molar-refractivity contribution in [2.24, 2.45) is 0 Å². The average molecular weight is 384 g/mol. The van der Waals surface area contributed by atoms with E-state index in [2.05, 4.69) is 9.46 Å². The number of halogens is 1. The van der Waals surface area contributed by atoms with Crippen LogP contribution in [0.3, 0.4) is 0 Å². The zero-order valence-electron chi connectivity index (χ0n) is 13.8. The third-order valence-electron chi connectivity index (χ3n) is 3.56. The SMILES string of the molecule is COC(=O)Cc1ccccc1CNS(=O)(=O)c1cc(OC)ccc1Cl. The smallest absolute Gasteiger partial charge is 0.309 e. The predicted molar refractivity (Wildman–Crippen MR) is 94.2 cm³/mol. The van der Waals surface area contributed by atoms with E-state index in [1.54, 1.807) is 30.3 Å². The van der Waals surface area contributed by atoms with Gasteiger partial charge < -0.3 is 9.47 Å². The molecule has 0 aliphatic rings. The van der Waals surface area contributed by atoms with Crippen LogP contribution in [0.25, 0.3) is 0 Å². The molecule has 0 bridgehead atoms. The summed E-state index contributed by atoms with van der Waals surface area (Å²) in [5, 5.41) is 0.0937. The van der Waals surface area contributed by atoms with Crippen molar-refractivity contribution in [3.63, 3.8) is 0 Å². The van der Waals surface area contributed by atoms with E-state index in [1.165, 1.54) is 26.4 Å². The van der Waals surface area contributed by atoms with E-state index < -0.39 is 16.0 Å². The molecule has 0 radical (unpaired) electrons. The van der Waals surface area contributed by atoms with E-state index in [0.717, 1.165) is 0 Å². The molecule has 2 rings (SSSR count). The van der Waals surface area contributed by atoms with E-state index in [-0.39, 0.29) is 22.9 Å². The van der Waals surface area contributed by atoms with Crippen LogP contribution in [-0.2, 0) is 32.5 Å². The molecule has 0 atom stereocenters. The van der Waals surface area contributed by atoms with Crippen LogP contribution in [-0.4, -0.2) is 28.6 Å². The number of nitrogens with one attached hydrogen (secondary N) is 1. The Labute approximate surface area is 151 Å². The quantitative estimate of drug-likeness (QED) is 0.743. The Morgan fingerprint density at radius 1 is 1.12 bits per heavy atom. The van der Waals surface area contributed by atoms with Crippen LogP contribution in [0.5, 0.6) is 5.75 Å². The molecule has 1 N–H and O–H groups in total. The van der Waals surface area contributed by atoms with Crippen molar-refractivity contribution in [2.75, 3.05) is 14.2 Å². The van der Waals surface area contributed by atoms with Crippen LogP contribution in [0.4, 0.5) is 0 Å². The van der Waals surface area contributed by atoms with Crippen molar-refractivity contribution in [3.05, 3.63) is 58.6 Å². The lowest BCUT2D eigenvalue weighted by atomic mass is 10.1. The maximum Gasteiger partial charge on any atom is 0.309 e. The normalized spacial score (nSPS) is 11.2. The number of sulfonamides is 1. The number of benzene rings is 2. The molecule has 2 aromatic rings. The lowest BCUT2D eigenvalue weighted by molar-refractivity contribution is -0.139. The Morgan fingerprint density at radius 3 is 2.44 bits per heavy atom. The van der Waals surface area contributed by atoms with Gasteiger partial charge in [0.1, 0.15) is 10.6 Å². The summed E-state index contributed by atoms with van der Waals surface area (Å²) in [4.78, 5) is 11.4. The molecule has 6 nitrogen and oxygen atoms in total. The summed E-state index contributed by atoms with van der Waals surface area (Å²) in [5.41, 5.74) is 1.37. The zero-order valence-corrected chi connectivity index (χ0v) is 15.4. The number of hydrogen-bond acceptors (Lipinski definition) is 5. The van der Waals surface area contributed by atoms with Crippen molar-refractivity contribution in [3.8, 4) is 5.75 Å². The van der Waals surface area contributed by atoms with E-state index in [4.69, 9.17) is 16.3 Å². The van der Waals surface area contributed by atoms with Crippen LogP contribution < -0.4 is 9.46 Å². The van der Waals surface area contributed by atoms with Crippen LogP contribution in [0.2, 0.25) is 5.02 Å². The molecule has 25 heavy (non-hydrogen) atoms. The summed E-state index contributed by atoms with van der Waals surface area (Å²) < 4.78 is 37.3. The number of methoxy groups -OCH3 is 2. The van der Waals surface area contributed by atoms with Gasteiger partial charge >= 0.3 is 5.97 Å². The molecule has 2 aromatic carbocycles. The molecule has 0 unspecified atom stereocenters. The van der Waals surface area contributed by atoms with Crippen LogP contribution >= 0.6 is 11.6 Å². The van der Waals surface area contributed by atoms with Crippen LogP contribution in [0.15, 0.2) is 47.4 Å². The summed E-state index contributed by atoms with van der Waals surface area (Å²) in [6, 6.07) is 11.4. The van der Waals surface area contributed by atoms with Crippen molar-refractivity contribution < 1.29 is 22.7 Å². The van der Waals surface area contributed by atoms with Crippen molar-refractivity contribution >= 4 is 27.6 Å². The Hall–Kier alpha value is -2.09. The van der Waals surface area contributed by atoms with Crippen LogP contribution in [0.1, 0.15) is 11.1 Å². The molecule has 0 heterocycles. The Kier molecular flexibility index (Phi) is 6.41. The molecular weight excluding hydrogens is 366 g/mol. The topological polar surface area (TPSA) is 81.7 Å². The molecule has 0 saturated heterocycles. The monoisotopic (exact) mass is 383 g/mol. The first-order valence-electron chi connectivity index (χ1n) is 7.34. The Bertz CT molecular complexity index is 867. The summed E-state index contributed by atoms with van der Waals surface area (Å²) in [5.74, 6) is -0.0120. The van der Waals surface area contributed by atoms with Gasteiger partial charge in [-0.2, -0.15) is 0 Å². The molecule has 0 aliphatic heterocycles. The first kappa shape index (κ1) is 19.2. The van der Waals surface area contributed by atoms with E-state index in [9.17, 15) is 13.2 Å². The van der Waals surface area contributed by atoms with Gasteiger partial charge in [0.05, 0.1) is 25.7 Å². The van der Waals surface area contributed by atoms with Crippen molar-refractivity contribution in [1.82, 2.24) is 4.72 Å². The van der Waals surface area contributed by atoms with Gasteiger partial charge in [-0.3, -0.25) is 4.79 Å². The van der Waals surface area contributed by atoms with E-state index in [0.29, 0.717) is 16.9 Å². The predicted octanol–water partition coefficient (Wildman–Crippen LogP) is 2.54. The maximum atomic E-state index is 12.5. The molecule has 0 aliphatic carbocycles. The molecule has 8 heteroatoms. The van der Waals surface area contributed by atoms with Gasteiger partial charge in [0.15, 0.2) is 0 Å². The van der Waals surface area contributed by atoms with Gasteiger partial charge in [0.25, 0.3) is 0 Å². The molecule has 0 fully saturated rings. The number of rotatable bonds is 7. The molecule has 0 spiro atoms. The largest absolute Gasteiger partial charge is 0.497 e. The lowest BCUT2D eigenvalue weighted by Gasteiger charge is -2.12. The van der Waals surface area contributed by atoms with E-state index >= 15 is 0 Å². The highest BCUT2D eigenvalue weighted by Crippen LogP contribution is 2.26. The Balaban J connectivity index is 2.22. The number of hydrogen-bond donors (Lipinski definition) is 1. The van der Waals surface area contributed by atoms with Gasteiger partial charge in [-0.25, -0.2) is 13.1 Å². The third kappa shape index (κ3) is 4.94. The first-order valence-corrected chi connectivity index (χ1v) is 9.20. The highest BCUT2D eigenvalue weighted by molar-refractivity contribution is 7.89. The van der Waals surface area contributed by atoms with Gasteiger partial charge in [0, 0.05) is 12.6 Å². The van der Waals surface area contributed by atoms with Crippen molar-refractivity contribution in [2.45, 2.75) is 17.9 Å². The lowest BCUT2D eigenvalue weighted by Crippen LogP contribution is -2.24. The molecular formula is C17H18ClNO5S. The highest BCUT2D eigenvalue weighted by atomic mass is 35.5. The molecule has 0 amide bonds. The number of esters is 1. The summed E-state index contributed by atoms with van der Waals surface area (Å²) in [7, 11) is -1.11. The number of carbonyl (C=O) groups is 1. The standard InChI is InChI=1S/C17H18ClNO5S/c1-23-14-7-8-15(18)16(10-14)25(21,22)19-11-13-6-4-3-5-12(13)9-17(20)24-2/h3-8,10,19H,9,11H2,1-2H3. The maximum absolute atomic E-state index is 12.5. The minimum absolute atomic E-state index is 0.0169. The first-order chi connectivity index (χ1) is 11.9. The van der Waals surface area contributed by atoms with Gasteiger partial charge in [-0.05, 0) is 23.3 Å². The molecule has 0 saturated carbocycles. The second-order valence-corrected chi connectivity index (χ2v) is 7.29. The fourth-order valence-corrected chi connectivity index (χ4v) is 3.72.